The Kier molecular flexibility index (Phi) is 9.02. The zero-order chi connectivity index (χ0) is 31.1. The first kappa shape index (κ1) is 32.2. The average molecular weight is 592 g/mol. The van der Waals surface area contributed by atoms with Gasteiger partial charge in [-0.15, -0.1) is 0 Å². The van der Waals surface area contributed by atoms with Crippen molar-refractivity contribution in [1.82, 2.24) is 15.1 Å². The maximum absolute atomic E-state index is 13.9. The summed E-state index contributed by atoms with van der Waals surface area (Å²) in [7, 11) is 1.28. The van der Waals surface area contributed by atoms with Gasteiger partial charge in [-0.1, -0.05) is 6.07 Å². The van der Waals surface area contributed by atoms with Crippen LogP contribution in [0.25, 0.3) is 0 Å². The summed E-state index contributed by atoms with van der Waals surface area (Å²) in [6.45, 7) is 5.65. The number of piperidine rings is 1. The summed E-state index contributed by atoms with van der Waals surface area (Å²) in [5, 5.41) is 12.8. The molecule has 1 saturated heterocycles. The second-order valence-corrected chi connectivity index (χ2v) is 10.9. The normalized spacial score (nSPS) is 19.1. The number of amides is 3. The van der Waals surface area contributed by atoms with Crippen LogP contribution in [0.2, 0.25) is 0 Å². The van der Waals surface area contributed by atoms with Crippen molar-refractivity contribution in [3.05, 3.63) is 70.0 Å². The van der Waals surface area contributed by atoms with E-state index in [2.05, 4.69) is 5.32 Å². The van der Waals surface area contributed by atoms with Crippen LogP contribution in [-0.2, 0) is 17.1 Å². The van der Waals surface area contributed by atoms with E-state index in [-0.39, 0.29) is 31.0 Å². The molecule has 6 nitrogen and oxygen atoms in total. The largest absolute Gasteiger partial charge is 0.416 e. The highest BCUT2D eigenvalue weighted by Crippen LogP contribution is 2.39. The molecule has 0 spiro atoms. The van der Waals surface area contributed by atoms with Gasteiger partial charge in [0.25, 0.3) is 5.91 Å². The molecule has 0 bridgehead atoms. The number of nitrogens with zero attached hydrogens (tertiary/aromatic N) is 2. The topological polar surface area (TPSA) is 72.9 Å². The molecular weight excluding hydrogens is 559 g/mol. The minimum atomic E-state index is -5.04. The molecule has 1 heterocycles. The quantitative estimate of drug-likeness (QED) is 0.397. The average Bonchev–Trinajstić information content (AvgIpc) is 2.85. The number of halogens is 7. The molecule has 0 aliphatic carbocycles. The number of rotatable bonds is 5. The lowest BCUT2D eigenvalue weighted by Gasteiger charge is -2.43. The summed E-state index contributed by atoms with van der Waals surface area (Å²) in [5.41, 5.74) is -3.93. The zero-order valence-electron chi connectivity index (χ0n) is 23.1. The van der Waals surface area contributed by atoms with E-state index in [1.165, 1.54) is 50.9 Å². The molecular formula is C28H32F7N3O3. The number of urea groups is 1. The summed E-state index contributed by atoms with van der Waals surface area (Å²) in [6, 6.07) is 2.10. The second-order valence-electron chi connectivity index (χ2n) is 10.9. The number of aryl methyl sites for hydroxylation is 1. The molecule has 0 unspecified atom stereocenters. The Morgan fingerprint density at radius 1 is 1.02 bits per heavy atom. The summed E-state index contributed by atoms with van der Waals surface area (Å²) in [4.78, 5) is 28.6. The SMILES string of the molecule is Cc1cc(F)ccc1[C@H]1C[C@@H](NC(=O)C(C)(C)O)CCN1C(=O)N(C)[C@@H](C)c1cc(C(F)(F)F)cc(C(F)(F)F)c1. The third-order valence-corrected chi connectivity index (χ3v) is 7.30. The smallest absolute Gasteiger partial charge is 0.381 e. The van der Waals surface area contributed by atoms with Crippen LogP contribution in [0.3, 0.4) is 0 Å². The van der Waals surface area contributed by atoms with Crippen molar-refractivity contribution in [2.75, 3.05) is 13.6 Å². The predicted octanol–water partition coefficient (Wildman–Crippen LogP) is 6.38. The molecule has 1 fully saturated rings. The number of benzene rings is 2. The van der Waals surface area contributed by atoms with Gasteiger partial charge in [0.15, 0.2) is 0 Å². The number of carbonyl (C=O) groups excluding carboxylic acids is 2. The first-order valence-corrected chi connectivity index (χ1v) is 12.8. The summed E-state index contributed by atoms with van der Waals surface area (Å²) in [6.07, 6.45) is -9.66. The third kappa shape index (κ3) is 7.49. The Bertz CT molecular complexity index is 1260. The Balaban J connectivity index is 1.96. The van der Waals surface area contributed by atoms with Gasteiger partial charge in [0.1, 0.15) is 11.4 Å². The number of alkyl halides is 6. The van der Waals surface area contributed by atoms with Crippen LogP contribution in [0, 0.1) is 12.7 Å². The predicted molar refractivity (Wildman–Crippen MR) is 136 cm³/mol. The summed E-state index contributed by atoms with van der Waals surface area (Å²) < 4.78 is 94.4. The number of nitrogens with one attached hydrogen (secondary N) is 1. The van der Waals surface area contributed by atoms with Gasteiger partial charge in [0.2, 0.25) is 0 Å². The van der Waals surface area contributed by atoms with Gasteiger partial charge in [0, 0.05) is 19.6 Å². The minimum Gasteiger partial charge on any atom is -0.381 e. The number of hydrogen-bond donors (Lipinski definition) is 2. The van der Waals surface area contributed by atoms with Crippen molar-refractivity contribution in [2.24, 2.45) is 0 Å². The summed E-state index contributed by atoms with van der Waals surface area (Å²) >= 11 is 0. The van der Waals surface area contributed by atoms with Crippen LogP contribution in [-0.4, -0.2) is 52.1 Å². The molecule has 2 N–H and O–H groups in total. The highest BCUT2D eigenvalue weighted by molar-refractivity contribution is 5.84. The van der Waals surface area contributed by atoms with Gasteiger partial charge in [-0.2, -0.15) is 26.3 Å². The monoisotopic (exact) mass is 591 g/mol. The van der Waals surface area contributed by atoms with Crippen molar-refractivity contribution >= 4 is 11.9 Å². The number of aliphatic hydroxyl groups is 1. The Labute approximate surface area is 233 Å². The third-order valence-electron chi connectivity index (χ3n) is 7.30. The molecule has 41 heavy (non-hydrogen) atoms. The maximum atomic E-state index is 13.9. The molecule has 226 valence electrons. The van der Waals surface area contributed by atoms with Gasteiger partial charge in [-0.05, 0) is 87.6 Å². The van der Waals surface area contributed by atoms with Gasteiger partial charge in [-0.25, -0.2) is 9.18 Å². The minimum absolute atomic E-state index is 0.0259. The molecule has 2 aromatic rings. The Morgan fingerprint density at radius 2 is 1.59 bits per heavy atom. The Morgan fingerprint density at radius 3 is 2.07 bits per heavy atom. The number of hydrogen-bond acceptors (Lipinski definition) is 3. The lowest BCUT2D eigenvalue weighted by molar-refractivity contribution is -0.143. The van der Waals surface area contributed by atoms with E-state index in [0.717, 1.165) is 4.90 Å². The fraction of sp³-hybridized carbons (Fsp3) is 0.500. The highest BCUT2D eigenvalue weighted by atomic mass is 19.4. The fourth-order valence-corrected chi connectivity index (χ4v) is 4.81. The first-order chi connectivity index (χ1) is 18.7. The zero-order valence-corrected chi connectivity index (χ0v) is 23.1. The van der Waals surface area contributed by atoms with Gasteiger partial charge < -0.3 is 20.2 Å². The van der Waals surface area contributed by atoms with E-state index < -0.39 is 65.0 Å². The first-order valence-electron chi connectivity index (χ1n) is 12.8. The molecule has 0 saturated carbocycles. The van der Waals surface area contributed by atoms with Gasteiger partial charge in [0.05, 0.1) is 23.2 Å². The van der Waals surface area contributed by atoms with Crippen LogP contribution in [0.5, 0.6) is 0 Å². The Hall–Kier alpha value is -3.35. The second kappa shape index (κ2) is 11.5. The lowest BCUT2D eigenvalue weighted by atomic mass is 9.89. The van der Waals surface area contributed by atoms with Crippen LogP contribution in [0.1, 0.15) is 73.5 Å². The van der Waals surface area contributed by atoms with E-state index in [1.807, 2.05) is 0 Å². The molecule has 0 radical (unpaired) electrons. The van der Waals surface area contributed by atoms with E-state index in [9.17, 15) is 45.4 Å². The van der Waals surface area contributed by atoms with Crippen LogP contribution < -0.4 is 5.32 Å². The molecule has 2 aromatic carbocycles. The number of carbonyl (C=O) groups is 2. The lowest BCUT2D eigenvalue weighted by Crippen LogP contribution is -2.54. The highest BCUT2D eigenvalue weighted by Gasteiger charge is 2.40. The maximum Gasteiger partial charge on any atom is 0.416 e. The fourth-order valence-electron chi connectivity index (χ4n) is 4.81. The van der Waals surface area contributed by atoms with Crippen LogP contribution >= 0.6 is 0 Å². The summed E-state index contributed by atoms with van der Waals surface area (Å²) in [5.74, 6) is -1.14. The van der Waals surface area contributed by atoms with Crippen molar-refractivity contribution < 1.29 is 45.4 Å². The van der Waals surface area contributed by atoms with E-state index in [1.54, 1.807) is 6.92 Å². The van der Waals surface area contributed by atoms with E-state index in [4.69, 9.17) is 0 Å². The van der Waals surface area contributed by atoms with E-state index in [0.29, 0.717) is 23.3 Å². The van der Waals surface area contributed by atoms with Crippen LogP contribution in [0.15, 0.2) is 36.4 Å². The molecule has 1 aliphatic rings. The molecule has 3 amide bonds. The van der Waals surface area contributed by atoms with Gasteiger partial charge >= 0.3 is 18.4 Å². The molecule has 13 heteroatoms. The molecule has 3 atom stereocenters. The molecule has 1 aliphatic heterocycles. The number of likely N-dealkylation sites (tertiary alicyclic amines) is 1. The van der Waals surface area contributed by atoms with E-state index >= 15 is 0 Å². The van der Waals surface area contributed by atoms with Crippen molar-refractivity contribution in [2.45, 2.75) is 76.6 Å². The van der Waals surface area contributed by atoms with Crippen molar-refractivity contribution in [1.29, 1.82) is 0 Å². The molecule has 0 aromatic heterocycles. The van der Waals surface area contributed by atoms with Crippen LogP contribution in [0.4, 0.5) is 35.5 Å². The van der Waals surface area contributed by atoms with Gasteiger partial charge in [-0.3, -0.25) is 4.79 Å². The molecule has 3 rings (SSSR count). The van der Waals surface area contributed by atoms with Crippen molar-refractivity contribution in [3.63, 3.8) is 0 Å². The van der Waals surface area contributed by atoms with Crippen molar-refractivity contribution in [3.8, 4) is 0 Å². The standard InChI is InChI=1S/C28H32F7N3O3/c1-15-10-20(29)6-7-22(15)23-14-21(36-24(39)26(3,4)41)8-9-38(23)25(40)37(5)16(2)17-11-18(27(30,31)32)13-19(12-17)28(33,34)35/h6-7,10-13,16,21,23,41H,8-9,14H2,1-5H3,(H,36,39)/t16-,21-,23+/m0/s1.